The van der Waals surface area contributed by atoms with Crippen molar-refractivity contribution in [3.8, 4) is 0 Å². The van der Waals surface area contributed by atoms with Gasteiger partial charge in [-0.3, -0.25) is 4.79 Å². The van der Waals surface area contributed by atoms with Crippen LogP contribution in [0.25, 0.3) is 0 Å². The van der Waals surface area contributed by atoms with Crippen molar-refractivity contribution in [2.24, 2.45) is 5.41 Å². The predicted octanol–water partition coefficient (Wildman–Crippen LogP) is 3.71. The topological polar surface area (TPSA) is 41.1 Å². The zero-order valence-electron chi connectivity index (χ0n) is 11.1. The molecule has 0 aromatic heterocycles. The maximum Gasteiger partial charge on any atom is 0.242 e. The van der Waals surface area contributed by atoms with Crippen molar-refractivity contribution in [2.75, 3.05) is 11.9 Å². The molecule has 0 bridgehead atoms. The third-order valence-electron chi connectivity index (χ3n) is 3.60. The van der Waals surface area contributed by atoms with Gasteiger partial charge in [-0.25, -0.2) is 0 Å². The molecule has 104 valence electrons. The normalized spacial score (nSPS) is 22.0. The number of anilines is 1. The summed E-state index contributed by atoms with van der Waals surface area (Å²) in [5, 5.41) is 6.95. The quantitative estimate of drug-likeness (QED) is 0.874. The van der Waals surface area contributed by atoms with E-state index in [0.29, 0.717) is 15.7 Å². The number of carbonyl (C=O) groups excluding carboxylic acids is 1. The molecule has 1 heterocycles. The SMILES string of the molecule is CC1(C)CCCNC1C(=O)Nc1cccc(Cl)c1Cl. The van der Waals surface area contributed by atoms with Gasteiger partial charge in [0.25, 0.3) is 0 Å². The van der Waals surface area contributed by atoms with E-state index in [9.17, 15) is 4.79 Å². The first-order valence-electron chi connectivity index (χ1n) is 6.40. The number of nitrogens with one attached hydrogen (secondary N) is 2. The minimum atomic E-state index is -0.212. The first kappa shape index (κ1) is 14.6. The summed E-state index contributed by atoms with van der Waals surface area (Å²) in [6, 6.07) is 5.00. The molecule has 0 saturated carbocycles. The van der Waals surface area contributed by atoms with Gasteiger partial charge in [-0.15, -0.1) is 0 Å². The van der Waals surface area contributed by atoms with Crippen LogP contribution in [0.1, 0.15) is 26.7 Å². The van der Waals surface area contributed by atoms with Crippen LogP contribution in [-0.4, -0.2) is 18.5 Å². The summed E-state index contributed by atoms with van der Waals surface area (Å²) in [6.45, 7) is 5.07. The van der Waals surface area contributed by atoms with Gasteiger partial charge in [0.05, 0.1) is 21.8 Å². The molecule has 1 unspecified atom stereocenters. The summed E-state index contributed by atoms with van der Waals surface area (Å²) in [7, 11) is 0. The number of rotatable bonds is 2. The molecular formula is C14H18Cl2N2O. The van der Waals surface area contributed by atoms with Gasteiger partial charge in [0.2, 0.25) is 5.91 Å². The second-order valence-corrected chi connectivity index (χ2v) is 6.36. The van der Waals surface area contributed by atoms with E-state index in [0.717, 1.165) is 19.4 Å². The Morgan fingerprint density at radius 3 is 2.84 bits per heavy atom. The molecule has 2 N–H and O–H groups in total. The third kappa shape index (κ3) is 3.22. The predicted molar refractivity (Wildman–Crippen MR) is 79.9 cm³/mol. The van der Waals surface area contributed by atoms with Crippen LogP contribution in [-0.2, 0) is 4.79 Å². The molecule has 2 rings (SSSR count). The molecule has 1 aliphatic heterocycles. The smallest absolute Gasteiger partial charge is 0.242 e. The average Bonchev–Trinajstić information content (AvgIpc) is 2.34. The highest BCUT2D eigenvalue weighted by atomic mass is 35.5. The Kier molecular flexibility index (Phi) is 4.39. The zero-order valence-corrected chi connectivity index (χ0v) is 12.6. The van der Waals surface area contributed by atoms with E-state index in [4.69, 9.17) is 23.2 Å². The van der Waals surface area contributed by atoms with Gasteiger partial charge in [-0.05, 0) is 36.9 Å². The number of piperidine rings is 1. The standard InChI is InChI=1S/C14H18Cl2N2O/c1-14(2)7-4-8-17-12(14)13(19)18-10-6-3-5-9(15)11(10)16/h3,5-6,12,17H,4,7-8H2,1-2H3,(H,18,19). The number of benzene rings is 1. The first-order valence-corrected chi connectivity index (χ1v) is 7.16. The molecule has 1 atom stereocenters. The molecule has 1 aliphatic rings. The molecule has 3 nitrogen and oxygen atoms in total. The van der Waals surface area contributed by atoms with Crippen molar-refractivity contribution < 1.29 is 4.79 Å². The lowest BCUT2D eigenvalue weighted by atomic mass is 9.77. The van der Waals surface area contributed by atoms with Crippen LogP contribution in [0.5, 0.6) is 0 Å². The van der Waals surface area contributed by atoms with Crippen LogP contribution in [0.4, 0.5) is 5.69 Å². The number of halogens is 2. The Balaban J connectivity index is 2.14. The second-order valence-electron chi connectivity index (χ2n) is 5.57. The minimum Gasteiger partial charge on any atom is -0.323 e. The number of hydrogen-bond acceptors (Lipinski definition) is 2. The van der Waals surface area contributed by atoms with Crippen LogP contribution in [0.15, 0.2) is 18.2 Å². The fourth-order valence-corrected chi connectivity index (χ4v) is 2.81. The van der Waals surface area contributed by atoms with Gasteiger partial charge in [0.15, 0.2) is 0 Å². The second kappa shape index (κ2) is 5.70. The van der Waals surface area contributed by atoms with Crippen molar-refractivity contribution in [1.82, 2.24) is 5.32 Å². The molecule has 19 heavy (non-hydrogen) atoms. The van der Waals surface area contributed by atoms with E-state index in [1.54, 1.807) is 18.2 Å². The van der Waals surface area contributed by atoms with E-state index in [1.807, 2.05) is 0 Å². The van der Waals surface area contributed by atoms with Crippen LogP contribution in [0, 0.1) is 5.41 Å². The molecule has 0 radical (unpaired) electrons. The van der Waals surface area contributed by atoms with Crippen molar-refractivity contribution >= 4 is 34.8 Å². The highest BCUT2D eigenvalue weighted by Crippen LogP contribution is 2.33. The van der Waals surface area contributed by atoms with Crippen molar-refractivity contribution in [3.05, 3.63) is 28.2 Å². The van der Waals surface area contributed by atoms with Crippen LogP contribution >= 0.6 is 23.2 Å². The average molecular weight is 301 g/mol. The number of amides is 1. The number of hydrogen-bond donors (Lipinski definition) is 2. The van der Waals surface area contributed by atoms with Crippen molar-refractivity contribution in [3.63, 3.8) is 0 Å². The van der Waals surface area contributed by atoms with E-state index < -0.39 is 0 Å². The van der Waals surface area contributed by atoms with E-state index in [1.165, 1.54) is 0 Å². The van der Waals surface area contributed by atoms with E-state index in [-0.39, 0.29) is 17.4 Å². The molecule has 1 saturated heterocycles. The molecule has 0 spiro atoms. The Hall–Kier alpha value is -0.770. The first-order chi connectivity index (χ1) is 8.92. The fourth-order valence-electron chi connectivity index (χ4n) is 2.46. The molecule has 0 aliphatic carbocycles. The fraction of sp³-hybridized carbons (Fsp3) is 0.500. The van der Waals surface area contributed by atoms with E-state index in [2.05, 4.69) is 24.5 Å². The molecule has 1 aromatic carbocycles. The Morgan fingerprint density at radius 2 is 2.16 bits per heavy atom. The zero-order chi connectivity index (χ0) is 14.0. The summed E-state index contributed by atoms with van der Waals surface area (Å²) < 4.78 is 0. The van der Waals surface area contributed by atoms with Gasteiger partial charge < -0.3 is 10.6 Å². The van der Waals surface area contributed by atoms with Gasteiger partial charge in [-0.2, -0.15) is 0 Å². The lowest BCUT2D eigenvalue weighted by Crippen LogP contribution is -2.53. The summed E-state index contributed by atoms with van der Waals surface area (Å²) in [4.78, 5) is 12.4. The largest absolute Gasteiger partial charge is 0.323 e. The lowest BCUT2D eigenvalue weighted by molar-refractivity contribution is -0.121. The molecule has 1 aromatic rings. The minimum absolute atomic E-state index is 0.0612. The van der Waals surface area contributed by atoms with Crippen LogP contribution in [0.3, 0.4) is 0 Å². The van der Waals surface area contributed by atoms with Gasteiger partial charge >= 0.3 is 0 Å². The van der Waals surface area contributed by atoms with Crippen molar-refractivity contribution in [2.45, 2.75) is 32.7 Å². The monoisotopic (exact) mass is 300 g/mol. The van der Waals surface area contributed by atoms with Gasteiger partial charge in [0, 0.05) is 0 Å². The summed E-state index contributed by atoms with van der Waals surface area (Å²) in [5.41, 5.74) is 0.496. The maximum atomic E-state index is 12.4. The van der Waals surface area contributed by atoms with Crippen LogP contribution in [0.2, 0.25) is 10.0 Å². The summed E-state index contributed by atoms with van der Waals surface area (Å²) in [6.07, 6.45) is 2.12. The van der Waals surface area contributed by atoms with E-state index >= 15 is 0 Å². The molecule has 1 fully saturated rings. The maximum absolute atomic E-state index is 12.4. The number of carbonyl (C=O) groups is 1. The highest BCUT2D eigenvalue weighted by Gasteiger charge is 2.37. The molecule has 1 amide bonds. The van der Waals surface area contributed by atoms with Gasteiger partial charge in [-0.1, -0.05) is 43.1 Å². The Bertz CT molecular complexity index is 488. The Morgan fingerprint density at radius 1 is 1.42 bits per heavy atom. The van der Waals surface area contributed by atoms with Crippen molar-refractivity contribution in [1.29, 1.82) is 0 Å². The highest BCUT2D eigenvalue weighted by molar-refractivity contribution is 6.44. The summed E-state index contributed by atoms with van der Waals surface area (Å²) >= 11 is 12.0. The Labute approximate surface area is 123 Å². The third-order valence-corrected chi connectivity index (χ3v) is 4.42. The molecule has 5 heteroatoms. The summed E-state index contributed by atoms with van der Waals surface area (Å²) in [5.74, 6) is -0.0612. The molecular weight excluding hydrogens is 283 g/mol. The van der Waals surface area contributed by atoms with Gasteiger partial charge in [0.1, 0.15) is 0 Å². The van der Waals surface area contributed by atoms with Crippen LogP contribution < -0.4 is 10.6 Å². The lowest BCUT2D eigenvalue weighted by Gasteiger charge is -2.38.